The Kier molecular flexibility index (Phi) is 6.74. The minimum absolute atomic E-state index is 0.0705. The van der Waals surface area contributed by atoms with Gasteiger partial charge in [-0.1, -0.05) is 12.1 Å². The van der Waals surface area contributed by atoms with E-state index in [4.69, 9.17) is 0 Å². The summed E-state index contributed by atoms with van der Waals surface area (Å²) in [6.45, 7) is 1.60. The van der Waals surface area contributed by atoms with Gasteiger partial charge in [-0.2, -0.15) is 18.2 Å². The summed E-state index contributed by atoms with van der Waals surface area (Å²) < 4.78 is 66.7. The fourth-order valence-corrected chi connectivity index (χ4v) is 3.90. The molecule has 0 atom stereocenters. The van der Waals surface area contributed by atoms with Gasteiger partial charge in [0.1, 0.15) is 11.4 Å². The number of H-pyrrole nitrogens is 1. The molecule has 36 heavy (non-hydrogen) atoms. The standard InChI is InChI=1S/C21H20F3N9O2S/c1-12-4-3-5-17(31-36(2,34)35)15(12)10-25-19-16(21(22,23)24)11-26-20(28-19)27-14-8-6-13(7-9-14)18-29-32-33-30-18/h3-9,11,31H,10H2,1-2H3,(H2,25,26,27,28)(H,29,30,32,33). The number of aromatic amines is 1. The molecule has 0 saturated carbocycles. The monoisotopic (exact) mass is 519 g/mol. The van der Waals surface area contributed by atoms with Crippen molar-refractivity contribution >= 4 is 33.2 Å². The third-order valence-corrected chi connectivity index (χ3v) is 5.58. The number of alkyl halides is 3. The highest BCUT2D eigenvalue weighted by Crippen LogP contribution is 2.35. The van der Waals surface area contributed by atoms with Gasteiger partial charge in [-0.15, -0.1) is 5.10 Å². The van der Waals surface area contributed by atoms with Crippen LogP contribution < -0.4 is 15.4 Å². The number of tetrazole rings is 1. The lowest BCUT2D eigenvalue weighted by molar-refractivity contribution is -0.137. The van der Waals surface area contributed by atoms with E-state index in [9.17, 15) is 21.6 Å². The zero-order chi connectivity index (χ0) is 25.9. The van der Waals surface area contributed by atoms with E-state index in [1.165, 1.54) is 6.07 Å². The van der Waals surface area contributed by atoms with E-state index in [2.05, 4.69) is 45.9 Å². The van der Waals surface area contributed by atoms with Gasteiger partial charge in [-0.05, 0) is 58.8 Å². The first-order valence-corrected chi connectivity index (χ1v) is 12.2. The molecule has 4 rings (SSSR count). The van der Waals surface area contributed by atoms with E-state index in [-0.39, 0.29) is 18.2 Å². The SMILES string of the molecule is Cc1cccc(NS(C)(=O)=O)c1CNc1nc(Nc2ccc(-c3nnn[nH]3)cc2)ncc1C(F)(F)F. The molecule has 0 unspecified atom stereocenters. The van der Waals surface area contributed by atoms with Crippen LogP contribution in [-0.4, -0.2) is 45.3 Å². The summed E-state index contributed by atoms with van der Waals surface area (Å²) in [5.74, 6) is -0.0727. The minimum Gasteiger partial charge on any atom is -0.365 e. The number of benzene rings is 2. The van der Waals surface area contributed by atoms with Crippen molar-refractivity contribution in [2.45, 2.75) is 19.6 Å². The third-order valence-electron chi connectivity index (χ3n) is 4.99. The van der Waals surface area contributed by atoms with Crippen LogP contribution in [0.1, 0.15) is 16.7 Å². The molecule has 0 fully saturated rings. The fraction of sp³-hybridized carbons (Fsp3) is 0.190. The number of hydrogen-bond donors (Lipinski definition) is 4. The van der Waals surface area contributed by atoms with Crippen LogP contribution in [0.2, 0.25) is 0 Å². The molecule has 4 N–H and O–H groups in total. The Hall–Kier alpha value is -4.27. The first-order chi connectivity index (χ1) is 17.0. The van der Waals surface area contributed by atoms with Gasteiger partial charge >= 0.3 is 6.18 Å². The van der Waals surface area contributed by atoms with Gasteiger partial charge in [-0.25, -0.2) is 18.5 Å². The summed E-state index contributed by atoms with van der Waals surface area (Å²) in [6.07, 6.45) is -3.04. The van der Waals surface area contributed by atoms with Crippen LogP contribution in [0.25, 0.3) is 11.4 Å². The third kappa shape index (κ3) is 6.04. The van der Waals surface area contributed by atoms with Gasteiger partial charge in [0.25, 0.3) is 0 Å². The molecule has 0 amide bonds. The molecule has 0 spiro atoms. The molecule has 15 heteroatoms. The van der Waals surface area contributed by atoms with Gasteiger partial charge in [-0.3, -0.25) is 4.72 Å². The highest BCUT2D eigenvalue weighted by atomic mass is 32.2. The van der Waals surface area contributed by atoms with Crippen LogP contribution in [-0.2, 0) is 22.7 Å². The van der Waals surface area contributed by atoms with Crippen molar-refractivity contribution < 1.29 is 21.6 Å². The summed E-state index contributed by atoms with van der Waals surface area (Å²) in [5.41, 5.74) is 1.58. The number of anilines is 4. The molecule has 11 nitrogen and oxygen atoms in total. The van der Waals surface area contributed by atoms with E-state index in [1.807, 2.05) is 0 Å². The van der Waals surface area contributed by atoms with E-state index >= 15 is 0 Å². The highest BCUT2D eigenvalue weighted by Gasteiger charge is 2.35. The molecular formula is C21H20F3N9O2S. The molecule has 2 aromatic carbocycles. The summed E-state index contributed by atoms with van der Waals surface area (Å²) in [7, 11) is -3.60. The number of nitrogens with zero attached hydrogens (tertiary/aromatic N) is 5. The number of aryl methyl sites for hydroxylation is 1. The average molecular weight is 520 g/mol. The molecule has 0 saturated heterocycles. The zero-order valence-electron chi connectivity index (χ0n) is 18.9. The molecule has 2 aromatic heterocycles. The molecule has 0 bridgehead atoms. The lowest BCUT2D eigenvalue weighted by atomic mass is 10.1. The number of sulfonamides is 1. The molecule has 2 heterocycles. The molecule has 0 radical (unpaired) electrons. The van der Waals surface area contributed by atoms with Crippen LogP contribution in [0.5, 0.6) is 0 Å². The van der Waals surface area contributed by atoms with Crippen molar-refractivity contribution in [1.82, 2.24) is 30.6 Å². The molecule has 0 aliphatic carbocycles. The summed E-state index contributed by atoms with van der Waals surface area (Å²) in [6, 6.07) is 11.7. The fourth-order valence-electron chi connectivity index (χ4n) is 3.31. The van der Waals surface area contributed by atoms with Gasteiger partial charge < -0.3 is 10.6 Å². The Bertz CT molecular complexity index is 1460. The molecule has 0 aliphatic rings. The second-order valence-electron chi connectivity index (χ2n) is 7.73. The molecule has 4 aromatic rings. The summed E-state index contributed by atoms with van der Waals surface area (Å²) in [4.78, 5) is 7.82. The quantitative estimate of drug-likeness (QED) is 0.273. The minimum atomic E-state index is -4.72. The number of aromatic nitrogens is 6. The van der Waals surface area contributed by atoms with Gasteiger partial charge in [0, 0.05) is 24.0 Å². The van der Waals surface area contributed by atoms with Crippen LogP contribution in [0.4, 0.5) is 36.3 Å². The Morgan fingerprint density at radius 1 is 1.08 bits per heavy atom. The number of rotatable bonds is 8. The van der Waals surface area contributed by atoms with Crippen molar-refractivity contribution in [3.05, 3.63) is 65.4 Å². The number of halogens is 3. The second kappa shape index (κ2) is 9.77. The van der Waals surface area contributed by atoms with Crippen LogP contribution >= 0.6 is 0 Å². The predicted octanol–water partition coefficient (Wildman–Crippen LogP) is 3.71. The summed E-state index contributed by atoms with van der Waals surface area (Å²) >= 11 is 0. The van der Waals surface area contributed by atoms with Crippen molar-refractivity contribution in [2.75, 3.05) is 21.6 Å². The number of hydrogen-bond acceptors (Lipinski definition) is 9. The van der Waals surface area contributed by atoms with Crippen molar-refractivity contribution in [1.29, 1.82) is 0 Å². The lowest BCUT2D eigenvalue weighted by Gasteiger charge is -2.17. The van der Waals surface area contributed by atoms with Gasteiger partial charge in [0.15, 0.2) is 5.82 Å². The van der Waals surface area contributed by atoms with Crippen molar-refractivity contribution in [3.63, 3.8) is 0 Å². The first kappa shape index (κ1) is 24.8. The topological polar surface area (TPSA) is 150 Å². The van der Waals surface area contributed by atoms with Crippen molar-refractivity contribution in [3.8, 4) is 11.4 Å². The molecule has 188 valence electrons. The Morgan fingerprint density at radius 2 is 1.83 bits per heavy atom. The van der Waals surface area contributed by atoms with E-state index < -0.39 is 27.6 Å². The maximum atomic E-state index is 13.6. The normalized spacial score (nSPS) is 11.8. The van der Waals surface area contributed by atoms with Crippen LogP contribution in [0.15, 0.2) is 48.7 Å². The molecular weight excluding hydrogens is 499 g/mol. The first-order valence-electron chi connectivity index (χ1n) is 10.4. The maximum absolute atomic E-state index is 13.6. The highest BCUT2D eigenvalue weighted by molar-refractivity contribution is 7.92. The summed E-state index contributed by atoms with van der Waals surface area (Å²) in [5, 5.41) is 19.0. The van der Waals surface area contributed by atoms with E-state index in [1.54, 1.807) is 43.3 Å². The predicted molar refractivity (Wildman–Crippen MR) is 127 cm³/mol. The smallest absolute Gasteiger partial charge is 0.365 e. The molecule has 0 aliphatic heterocycles. The number of nitrogens with one attached hydrogen (secondary N) is 4. The largest absolute Gasteiger partial charge is 0.421 e. The van der Waals surface area contributed by atoms with E-state index in [0.29, 0.717) is 34.4 Å². The zero-order valence-corrected chi connectivity index (χ0v) is 19.7. The van der Waals surface area contributed by atoms with Crippen LogP contribution in [0.3, 0.4) is 0 Å². The Balaban J connectivity index is 1.59. The van der Waals surface area contributed by atoms with Crippen molar-refractivity contribution in [2.24, 2.45) is 0 Å². The van der Waals surface area contributed by atoms with Gasteiger partial charge in [0.2, 0.25) is 16.0 Å². The second-order valence-corrected chi connectivity index (χ2v) is 9.48. The van der Waals surface area contributed by atoms with E-state index in [0.717, 1.165) is 6.26 Å². The van der Waals surface area contributed by atoms with Gasteiger partial charge in [0.05, 0.1) is 11.9 Å². The maximum Gasteiger partial charge on any atom is 0.421 e. The van der Waals surface area contributed by atoms with Crippen LogP contribution in [0, 0.1) is 6.92 Å². The average Bonchev–Trinajstić information content (AvgIpc) is 3.32. The lowest BCUT2D eigenvalue weighted by Crippen LogP contribution is -2.16. The Labute approximate surface area is 203 Å². The Morgan fingerprint density at radius 3 is 2.47 bits per heavy atom.